The van der Waals surface area contributed by atoms with Crippen molar-refractivity contribution in [1.82, 2.24) is 4.90 Å². The van der Waals surface area contributed by atoms with Crippen molar-refractivity contribution >= 4 is 23.3 Å². The number of benzene rings is 2. The number of hydrogen-bond donors (Lipinski definition) is 2. The highest BCUT2D eigenvalue weighted by Gasteiger charge is 2.53. The number of nitrogens with zero attached hydrogens (tertiary/aromatic N) is 1. The van der Waals surface area contributed by atoms with Gasteiger partial charge in [-0.2, -0.15) is 0 Å². The normalized spacial score (nSPS) is 26.5. The Morgan fingerprint density at radius 3 is 2.61 bits per heavy atom. The van der Waals surface area contributed by atoms with Gasteiger partial charge < -0.3 is 15.2 Å². The lowest BCUT2D eigenvalue weighted by Crippen LogP contribution is -2.56. The number of carbonyl (C=O) groups is 1. The van der Waals surface area contributed by atoms with Crippen LogP contribution in [0.2, 0.25) is 5.02 Å². The molecule has 4 rings (SSSR count). The summed E-state index contributed by atoms with van der Waals surface area (Å²) in [7, 11) is 1.45. The third-order valence-corrected chi connectivity index (χ3v) is 7.28. The molecule has 0 aromatic heterocycles. The Morgan fingerprint density at radius 2 is 1.94 bits per heavy atom. The van der Waals surface area contributed by atoms with Crippen LogP contribution in [-0.2, 0) is 21.6 Å². The molecule has 31 heavy (non-hydrogen) atoms. The SMILES string of the molecule is COC(=O)C1(Nc2cccc(Cl)c2)CCC2(CC1)c1ccccc1CN2C[C@@H](C)CO. The number of hydrogen-bond acceptors (Lipinski definition) is 5. The molecule has 5 nitrogen and oxygen atoms in total. The Kier molecular flexibility index (Phi) is 6.29. The third kappa shape index (κ3) is 4.07. The fourth-order valence-corrected chi connectivity index (χ4v) is 5.60. The van der Waals surface area contributed by atoms with Crippen LogP contribution < -0.4 is 5.32 Å². The molecule has 2 aromatic carbocycles. The zero-order chi connectivity index (χ0) is 22.1. The third-order valence-electron chi connectivity index (χ3n) is 7.04. The van der Waals surface area contributed by atoms with Gasteiger partial charge in [0.15, 0.2) is 0 Å². The molecule has 0 bridgehead atoms. The Morgan fingerprint density at radius 1 is 1.19 bits per heavy atom. The molecule has 1 spiro atoms. The van der Waals surface area contributed by atoms with Crippen molar-refractivity contribution in [2.24, 2.45) is 5.92 Å². The molecule has 166 valence electrons. The fourth-order valence-electron chi connectivity index (χ4n) is 5.41. The van der Waals surface area contributed by atoms with Crippen LogP contribution in [0.5, 0.6) is 0 Å². The van der Waals surface area contributed by atoms with Crippen LogP contribution in [0.3, 0.4) is 0 Å². The van der Waals surface area contributed by atoms with Gasteiger partial charge in [0, 0.05) is 35.9 Å². The monoisotopic (exact) mass is 442 g/mol. The second kappa shape index (κ2) is 8.81. The Hall–Kier alpha value is -2.08. The van der Waals surface area contributed by atoms with Crippen molar-refractivity contribution < 1.29 is 14.6 Å². The van der Waals surface area contributed by atoms with Crippen molar-refractivity contribution in [2.45, 2.75) is 50.2 Å². The molecule has 2 N–H and O–H groups in total. The molecule has 1 heterocycles. The molecule has 0 unspecified atom stereocenters. The van der Waals surface area contributed by atoms with Gasteiger partial charge in [-0.1, -0.05) is 48.9 Å². The van der Waals surface area contributed by atoms with Gasteiger partial charge in [-0.05, 0) is 60.9 Å². The summed E-state index contributed by atoms with van der Waals surface area (Å²) in [5.41, 5.74) is 2.64. The number of rotatable bonds is 6. The summed E-state index contributed by atoms with van der Waals surface area (Å²) < 4.78 is 5.24. The number of aliphatic hydroxyl groups excluding tert-OH is 1. The summed E-state index contributed by atoms with van der Waals surface area (Å²) >= 11 is 6.17. The number of anilines is 1. The molecule has 0 saturated heterocycles. The minimum absolute atomic E-state index is 0.118. The number of nitrogens with one attached hydrogen (secondary N) is 1. The summed E-state index contributed by atoms with van der Waals surface area (Å²) in [6.07, 6.45) is 2.99. The topological polar surface area (TPSA) is 61.8 Å². The van der Waals surface area contributed by atoms with Crippen LogP contribution >= 0.6 is 11.6 Å². The molecule has 1 aliphatic heterocycles. The number of ether oxygens (including phenoxy) is 1. The molecule has 1 atom stereocenters. The fraction of sp³-hybridized carbons (Fsp3) is 0.480. The summed E-state index contributed by atoms with van der Waals surface area (Å²) in [5, 5.41) is 13.8. The molecular formula is C25H31ClN2O3. The van der Waals surface area contributed by atoms with Crippen molar-refractivity contribution in [1.29, 1.82) is 0 Å². The Labute approximate surface area is 189 Å². The first-order chi connectivity index (χ1) is 14.9. The van der Waals surface area contributed by atoms with Crippen molar-refractivity contribution in [3.05, 3.63) is 64.7 Å². The van der Waals surface area contributed by atoms with Gasteiger partial charge in [-0.3, -0.25) is 4.90 Å². The first-order valence-corrected chi connectivity index (χ1v) is 11.4. The van der Waals surface area contributed by atoms with E-state index in [-0.39, 0.29) is 24.0 Å². The predicted octanol–water partition coefficient (Wildman–Crippen LogP) is 4.58. The summed E-state index contributed by atoms with van der Waals surface area (Å²) in [4.78, 5) is 15.5. The van der Waals surface area contributed by atoms with Gasteiger partial charge in [-0.15, -0.1) is 0 Å². The van der Waals surface area contributed by atoms with Crippen LogP contribution in [0.15, 0.2) is 48.5 Å². The average Bonchev–Trinajstić information content (AvgIpc) is 3.07. The van der Waals surface area contributed by atoms with Gasteiger partial charge in [0.2, 0.25) is 0 Å². The second-order valence-electron chi connectivity index (χ2n) is 9.07. The van der Waals surface area contributed by atoms with E-state index in [2.05, 4.69) is 41.4 Å². The number of carbonyl (C=O) groups excluding carboxylic acids is 1. The van der Waals surface area contributed by atoms with Gasteiger partial charge in [-0.25, -0.2) is 4.79 Å². The quantitative estimate of drug-likeness (QED) is 0.641. The molecule has 1 aliphatic carbocycles. The van der Waals surface area contributed by atoms with Gasteiger partial charge in [0.1, 0.15) is 5.54 Å². The number of halogens is 1. The number of aliphatic hydroxyl groups is 1. The maximum atomic E-state index is 13.0. The molecule has 2 aliphatic rings. The van der Waals surface area contributed by atoms with E-state index in [1.807, 2.05) is 24.3 Å². The largest absolute Gasteiger partial charge is 0.467 e. The second-order valence-corrected chi connectivity index (χ2v) is 9.50. The smallest absolute Gasteiger partial charge is 0.331 e. The summed E-state index contributed by atoms with van der Waals surface area (Å²) in [5.74, 6) is -0.0352. The maximum absolute atomic E-state index is 13.0. The Bertz CT molecular complexity index is 940. The van der Waals surface area contributed by atoms with E-state index >= 15 is 0 Å². The zero-order valence-corrected chi connectivity index (χ0v) is 19.0. The highest BCUT2D eigenvalue weighted by molar-refractivity contribution is 6.30. The molecule has 2 aromatic rings. The highest BCUT2D eigenvalue weighted by atomic mass is 35.5. The van der Waals surface area contributed by atoms with Crippen LogP contribution in [0.4, 0.5) is 5.69 Å². The molecule has 1 fully saturated rings. The van der Waals surface area contributed by atoms with Crippen molar-refractivity contribution in [3.63, 3.8) is 0 Å². The first kappa shape index (κ1) is 22.1. The highest BCUT2D eigenvalue weighted by Crippen LogP contribution is 2.52. The van der Waals surface area contributed by atoms with Crippen LogP contribution in [0, 0.1) is 5.92 Å². The van der Waals surface area contributed by atoms with E-state index in [4.69, 9.17) is 16.3 Å². The van der Waals surface area contributed by atoms with E-state index in [1.165, 1.54) is 18.2 Å². The lowest BCUT2D eigenvalue weighted by Gasteiger charge is -2.49. The lowest BCUT2D eigenvalue weighted by molar-refractivity contribution is -0.148. The Balaban J connectivity index is 1.64. The lowest BCUT2D eigenvalue weighted by atomic mass is 9.69. The predicted molar refractivity (Wildman–Crippen MR) is 123 cm³/mol. The minimum atomic E-state index is -0.781. The zero-order valence-electron chi connectivity index (χ0n) is 18.2. The van der Waals surface area contributed by atoms with E-state index < -0.39 is 5.54 Å². The van der Waals surface area contributed by atoms with E-state index in [9.17, 15) is 9.90 Å². The summed E-state index contributed by atoms with van der Waals surface area (Å²) in [6.45, 7) is 3.97. The van der Waals surface area contributed by atoms with E-state index in [1.54, 1.807) is 0 Å². The molecular weight excluding hydrogens is 412 g/mol. The molecule has 1 saturated carbocycles. The van der Waals surface area contributed by atoms with Gasteiger partial charge >= 0.3 is 5.97 Å². The first-order valence-electron chi connectivity index (χ1n) is 11.0. The van der Waals surface area contributed by atoms with Gasteiger partial charge in [0.25, 0.3) is 0 Å². The van der Waals surface area contributed by atoms with Crippen molar-refractivity contribution in [2.75, 3.05) is 25.6 Å². The molecule has 6 heteroatoms. The average molecular weight is 443 g/mol. The van der Waals surface area contributed by atoms with E-state index in [0.29, 0.717) is 17.9 Å². The van der Waals surface area contributed by atoms with Crippen molar-refractivity contribution in [3.8, 4) is 0 Å². The summed E-state index contributed by atoms with van der Waals surface area (Å²) in [6, 6.07) is 16.1. The molecule has 0 radical (unpaired) electrons. The van der Waals surface area contributed by atoms with Crippen LogP contribution in [0.25, 0.3) is 0 Å². The number of methoxy groups -OCH3 is 1. The maximum Gasteiger partial charge on any atom is 0.331 e. The number of esters is 1. The number of fused-ring (bicyclic) bond motifs is 2. The standard InChI is InChI=1S/C25H31ClN2O3/c1-18(17-29)15-28-16-19-6-3-4-9-22(19)25(28)12-10-24(11-13-25,23(30)31-2)27-21-8-5-7-20(26)14-21/h3-9,14,18,27,29H,10-13,15-17H2,1-2H3/t18-,24?,25?/m1/s1. The molecule has 0 amide bonds. The van der Waals surface area contributed by atoms with Crippen LogP contribution in [-0.4, -0.2) is 41.8 Å². The van der Waals surface area contributed by atoms with Gasteiger partial charge in [0.05, 0.1) is 7.11 Å². The van der Waals surface area contributed by atoms with Crippen LogP contribution in [0.1, 0.15) is 43.7 Å². The van der Waals surface area contributed by atoms with E-state index in [0.717, 1.165) is 31.6 Å². The minimum Gasteiger partial charge on any atom is -0.467 e.